The van der Waals surface area contributed by atoms with Gasteiger partial charge in [-0.05, 0) is 0 Å². The van der Waals surface area contributed by atoms with Crippen molar-refractivity contribution >= 4 is 17.3 Å². The summed E-state index contributed by atoms with van der Waals surface area (Å²) in [5, 5.41) is 0. The van der Waals surface area contributed by atoms with Crippen molar-refractivity contribution in [2.75, 3.05) is 0 Å². The Hall–Kier alpha value is -1.14. The van der Waals surface area contributed by atoms with Crippen molar-refractivity contribution in [2.45, 2.75) is 5.88 Å². The van der Waals surface area contributed by atoms with Gasteiger partial charge in [0.2, 0.25) is 5.69 Å². The van der Waals surface area contributed by atoms with E-state index < -0.39 is 0 Å². The molecule has 0 fully saturated rings. The monoisotopic (exact) mass is 153 g/mol. The summed E-state index contributed by atoms with van der Waals surface area (Å²) in [5.41, 5.74) is 0.439. The molecule has 0 bridgehead atoms. The van der Waals surface area contributed by atoms with E-state index >= 15 is 0 Å². The van der Waals surface area contributed by atoms with Gasteiger partial charge in [0.05, 0.1) is 12.5 Å². The highest BCUT2D eigenvalue weighted by Gasteiger charge is 1.92. The van der Waals surface area contributed by atoms with Crippen LogP contribution in [0.2, 0.25) is 0 Å². The topological polar surface area (TPSA) is 30.1 Å². The molecule has 3 nitrogen and oxygen atoms in total. The van der Waals surface area contributed by atoms with E-state index in [2.05, 4.69) is 14.8 Å². The van der Waals surface area contributed by atoms with Gasteiger partial charge in [-0.1, -0.05) is 0 Å². The summed E-state index contributed by atoms with van der Waals surface area (Å²) in [6.45, 7) is 6.58. The van der Waals surface area contributed by atoms with E-state index in [1.807, 2.05) is 0 Å². The van der Waals surface area contributed by atoms with Crippen molar-refractivity contribution in [3.63, 3.8) is 0 Å². The van der Waals surface area contributed by atoms with Crippen LogP contribution in [0.5, 0.6) is 0 Å². The zero-order valence-corrected chi connectivity index (χ0v) is 5.84. The summed E-state index contributed by atoms with van der Waals surface area (Å²) >= 11 is 5.42. The zero-order chi connectivity index (χ0) is 7.40. The van der Waals surface area contributed by atoms with Gasteiger partial charge in [0.15, 0.2) is 0 Å². The van der Waals surface area contributed by atoms with Gasteiger partial charge in [0, 0.05) is 12.4 Å². The second-order valence-corrected chi connectivity index (χ2v) is 1.87. The highest BCUT2D eigenvalue weighted by molar-refractivity contribution is 6.16. The minimum atomic E-state index is 0.290. The first kappa shape index (κ1) is 6.97. The molecule has 10 heavy (non-hydrogen) atoms. The van der Waals surface area contributed by atoms with E-state index in [1.54, 1.807) is 0 Å². The lowest BCUT2D eigenvalue weighted by Crippen LogP contribution is -1.86. The molecule has 0 spiro atoms. The molecule has 50 valence electrons. The second kappa shape index (κ2) is 3.14. The fraction of sp³-hybridized carbons (Fsp3) is 0.167. The molecule has 0 aliphatic carbocycles. The standard InChI is InChI=1S/C6H4ClN3/c1-8-5-3-9-6(2-7)10-4-5/h3-4H,2H2. The molecule has 1 aromatic heterocycles. The molecule has 0 aromatic carbocycles. The molecule has 0 unspecified atom stereocenters. The Labute approximate surface area is 63.5 Å². The average molecular weight is 154 g/mol. The van der Waals surface area contributed by atoms with E-state index in [-0.39, 0.29) is 5.88 Å². The van der Waals surface area contributed by atoms with Crippen LogP contribution in [0, 0.1) is 6.57 Å². The lowest BCUT2D eigenvalue weighted by atomic mass is 10.5. The maximum Gasteiger partial charge on any atom is 0.222 e. The van der Waals surface area contributed by atoms with Crippen LogP contribution in [0.25, 0.3) is 4.85 Å². The third-order valence-electron chi connectivity index (χ3n) is 0.940. The van der Waals surface area contributed by atoms with Gasteiger partial charge in [0.1, 0.15) is 5.82 Å². The van der Waals surface area contributed by atoms with Crippen LogP contribution in [0.1, 0.15) is 5.82 Å². The maximum absolute atomic E-state index is 6.58. The van der Waals surface area contributed by atoms with E-state index in [1.165, 1.54) is 12.4 Å². The Morgan fingerprint density at radius 2 is 2.10 bits per heavy atom. The Bertz CT molecular complexity index is 249. The van der Waals surface area contributed by atoms with Crippen molar-refractivity contribution in [3.05, 3.63) is 29.6 Å². The van der Waals surface area contributed by atoms with Crippen LogP contribution in [-0.4, -0.2) is 9.97 Å². The van der Waals surface area contributed by atoms with Crippen LogP contribution >= 0.6 is 11.6 Å². The first-order valence-electron chi connectivity index (χ1n) is 2.61. The van der Waals surface area contributed by atoms with E-state index in [4.69, 9.17) is 18.2 Å². The molecule has 4 heteroatoms. The lowest BCUT2D eigenvalue weighted by Gasteiger charge is -1.90. The van der Waals surface area contributed by atoms with Gasteiger partial charge >= 0.3 is 0 Å². The van der Waals surface area contributed by atoms with Crippen LogP contribution in [0.4, 0.5) is 5.69 Å². The number of hydrogen-bond donors (Lipinski definition) is 0. The van der Waals surface area contributed by atoms with Crippen molar-refractivity contribution in [1.29, 1.82) is 0 Å². The van der Waals surface area contributed by atoms with Crippen LogP contribution in [0.3, 0.4) is 0 Å². The molecule has 1 rings (SSSR count). The SMILES string of the molecule is [C-]#[N+]c1cnc(CCl)nc1. The molecule has 0 radical (unpaired) electrons. The molecule has 0 aliphatic heterocycles. The van der Waals surface area contributed by atoms with Crippen molar-refractivity contribution < 1.29 is 0 Å². The summed E-state index contributed by atoms with van der Waals surface area (Å²) in [5.74, 6) is 0.840. The fourth-order valence-electron chi connectivity index (χ4n) is 0.475. The average Bonchev–Trinajstić information content (AvgIpc) is 2.05. The first-order chi connectivity index (χ1) is 4.86. The van der Waals surface area contributed by atoms with E-state index in [0.29, 0.717) is 11.5 Å². The van der Waals surface area contributed by atoms with Crippen molar-refractivity contribution in [1.82, 2.24) is 9.97 Å². The molecule has 0 saturated carbocycles. The summed E-state index contributed by atoms with van der Waals surface area (Å²) < 4.78 is 0. The molecule has 1 heterocycles. The predicted octanol–water partition coefficient (Wildman–Crippen LogP) is 1.77. The van der Waals surface area contributed by atoms with Crippen molar-refractivity contribution in [3.8, 4) is 0 Å². The molecule has 1 aromatic rings. The van der Waals surface area contributed by atoms with Crippen LogP contribution < -0.4 is 0 Å². The summed E-state index contributed by atoms with van der Waals surface area (Å²) in [4.78, 5) is 10.8. The Morgan fingerprint density at radius 3 is 2.50 bits per heavy atom. The zero-order valence-electron chi connectivity index (χ0n) is 5.08. The normalized spacial score (nSPS) is 8.80. The molecule has 0 N–H and O–H groups in total. The Kier molecular flexibility index (Phi) is 2.19. The molecule has 0 atom stereocenters. The number of aromatic nitrogens is 2. The fourth-order valence-corrected chi connectivity index (χ4v) is 0.613. The van der Waals surface area contributed by atoms with Gasteiger partial charge in [0.25, 0.3) is 0 Å². The second-order valence-electron chi connectivity index (χ2n) is 1.60. The van der Waals surface area contributed by atoms with E-state index in [0.717, 1.165) is 0 Å². The Balaban J connectivity index is 2.93. The van der Waals surface area contributed by atoms with Gasteiger partial charge in [-0.2, -0.15) is 0 Å². The van der Waals surface area contributed by atoms with Gasteiger partial charge in [-0.15, -0.1) is 11.6 Å². The number of halogens is 1. The number of alkyl halides is 1. The highest BCUT2D eigenvalue weighted by Crippen LogP contribution is 2.06. The predicted molar refractivity (Wildman–Crippen MR) is 37.9 cm³/mol. The maximum atomic E-state index is 6.58. The molecule has 0 amide bonds. The van der Waals surface area contributed by atoms with Gasteiger partial charge in [-0.25, -0.2) is 4.85 Å². The van der Waals surface area contributed by atoms with Gasteiger partial charge < -0.3 is 0 Å². The minimum Gasteiger partial charge on any atom is -0.252 e. The Morgan fingerprint density at radius 1 is 1.50 bits per heavy atom. The number of rotatable bonds is 1. The van der Waals surface area contributed by atoms with Crippen LogP contribution in [-0.2, 0) is 5.88 Å². The summed E-state index contributed by atoms with van der Waals surface area (Å²) in [7, 11) is 0. The van der Waals surface area contributed by atoms with Crippen LogP contribution in [0.15, 0.2) is 12.4 Å². The number of nitrogens with zero attached hydrogens (tertiary/aromatic N) is 3. The highest BCUT2D eigenvalue weighted by atomic mass is 35.5. The smallest absolute Gasteiger partial charge is 0.222 e. The number of hydrogen-bond acceptors (Lipinski definition) is 2. The molecule has 0 saturated heterocycles. The largest absolute Gasteiger partial charge is 0.252 e. The quantitative estimate of drug-likeness (QED) is 0.455. The molecule has 0 aliphatic rings. The molecular formula is C6H4ClN3. The van der Waals surface area contributed by atoms with Crippen molar-refractivity contribution in [2.24, 2.45) is 0 Å². The summed E-state index contributed by atoms with van der Waals surface area (Å²) in [6.07, 6.45) is 2.91. The minimum absolute atomic E-state index is 0.290. The van der Waals surface area contributed by atoms with Gasteiger partial charge in [-0.3, -0.25) is 9.97 Å². The molecular weight excluding hydrogens is 150 g/mol. The van der Waals surface area contributed by atoms with E-state index in [9.17, 15) is 0 Å². The summed E-state index contributed by atoms with van der Waals surface area (Å²) in [6, 6.07) is 0. The third kappa shape index (κ3) is 1.42. The first-order valence-corrected chi connectivity index (χ1v) is 3.14. The lowest BCUT2D eigenvalue weighted by molar-refractivity contribution is 1.04. The third-order valence-corrected chi connectivity index (χ3v) is 1.18.